The van der Waals surface area contributed by atoms with E-state index in [1.165, 1.54) is 18.2 Å². The number of phenols is 1. The topological polar surface area (TPSA) is 63.4 Å². The lowest BCUT2D eigenvalue weighted by molar-refractivity contribution is -0.427. The van der Waals surface area contributed by atoms with Gasteiger partial charge in [-0.1, -0.05) is 44.4 Å². The molecular weight excluding hydrogens is 266 g/mol. The fourth-order valence-electron chi connectivity index (χ4n) is 1.94. The summed E-state index contributed by atoms with van der Waals surface area (Å²) < 4.78 is 0. The Morgan fingerprint density at radius 1 is 1.58 bits per heavy atom. The average molecular weight is 284 g/mol. The first-order valence-electron chi connectivity index (χ1n) is 6.27. The minimum absolute atomic E-state index is 0.0270. The van der Waals surface area contributed by atoms with E-state index in [9.17, 15) is 15.2 Å². The highest BCUT2D eigenvalue weighted by Crippen LogP contribution is 2.26. The predicted octanol–water partition coefficient (Wildman–Crippen LogP) is 4.49. The van der Waals surface area contributed by atoms with Crippen LogP contribution in [0.4, 0.5) is 0 Å². The van der Waals surface area contributed by atoms with Gasteiger partial charge in [0.2, 0.25) is 5.70 Å². The molecule has 19 heavy (non-hydrogen) atoms. The molecule has 0 bridgehead atoms. The number of aromatic hydroxyl groups is 1. The number of allylic oxidation sites excluding steroid dienone is 1. The van der Waals surface area contributed by atoms with Crippen LogP contribution >= 0.6 is 11.6 Å². The summed E-state index contributed by atoms with van der Waals surface area (Å²) in [4.78, 5) is 10.7. The van der Waals surface area contributed by atoms with E-state index in [2.05, 4.69) is 6.92 Å². The van der Waals surface area contributed by atoms with Gasteiger partial charge in [0.1, 0.15) is 5.75 Å². The van der Waals surface area contributed by atoms with Gasteiger partial charge in [0.15, 0.2) is 0 Å². The van der Waals surface area contributed by atoms with Gasteiger partial charge in [-0.3, -0.25) is 10.1 Å². The number of nitrogens with zero attached hydrogens (tertiary/aromatic N) is 1. The van der Waals surface area contributed by atoms with Crippen molar-refractivity contribution in [2.45, 2.75) is 33.1 Å². The number of nitro groups is 1. The van der Waals surface area contributed by atoms with Crippen LogP contribution < -0.4 is 0 Å². The minimum atomic E-state index is -0.354. The zero-order valence-corrected chi connectivity index (χ0v) is 11.9. The molecule has 1 atom stereocenters. The SMILES string of the molecule is CCC[C@H](C)C/C(=C\c1ccc(O)c(Cl)c1)[N+](=O)[O-]. The maximum absolute atomic E-state index is 11.1. The zero-order chi connectivity index (χ0) is 14.4. The molecule has 0 amide bonds. The van der Waals surface area contributed by atoms with Crippen LogP contribution in [0.3, 0.4) is 0 Å². The largest absolute Gasteiger partial charge is 0.506 e. The molecule has 4 nitrogen and oxygen atoms in total. The quantitative estimate of drug-likeness (QED) is 0.618. The summed E-state index contributed by atoms with van der Waals surface area (Å²) in [6, 6.07) is 4.56. The van der Waals surface area contributed by atoms with E-state index in [0.29, 0.717) is 12.0 Å². The summed E-state index contributed by atoms with van der Waals surface area (Å²) in [5.74, 6) is 0.245. The van der Waals surface area contributed by atoms with Crippen LogP contribution in [0.5, 0.6) is 5.75 Å². The Bertz CT molecular complexity index is 486. The molecule has 1 aromatic rings. The highest BCUT2D eigenvalue weighted by molar-refractivity contribution is 6.32. The van der Waals surface area contributed by atoms with E-state index in [-0.39, 0.29) is 27.3 Å². The van der Waals surface area contributed by atoms with Gasteiger partial charge >= 0.3 is 0 Å². The van der Waals surface area contributed by atoms with E-state index in [1.807, 2.05) is 6.92 Å². The van der Waals surface area contributed by atoms with Gasteiger partial charge in [-0.2, -0.15) is 0 Å². The molecule has 1 aromatic carbocycles. The lowest BCUT2D eigenvalue weighted by Crippen LogP contribution is -2.04. The van der Waals surface area contributed by atoms with Crippen molar-refractivity contribution in [3.8, 4) is 5.75 Å². The van der Waals surface area contributed by atoms with Crippen LogP contribution in [-0.2, 0) is 0 Å². The smallest absolute Gasteiger partial charge is 0.247 e. The Morgan fingerprint density at radius 2 is 2.26 bits per heavy atom. The summed E-state index contributed by atoms with van der Waals surface area (Å²) in [6.07, 6.45) is 3.91. The molecule has 5 heteroatoms. The molecule has 1 rings (SSSR count). The second kappa shape index (κ2) is 7.14. The van der Waals surface area contributed by atoms with Gasteiger partial charge in [0.05, 0.1) is 9.95 Å². The molecule has 0 aromatic heterocycles. The fourth-order valence-corrected chi connectivity index (χ4v) is 2.13. The van der Waals surface area contributed by atoms with Crippen molar-refractivity contribution in [1.82, 2.24) is 0 Å². The summed E-state index contributed by atoms with van der Waals surface area (Å²) in [5, 5.41) is 20.6. The van der Waals surface area contributed by atoms with Gasteiger partial charge in [-0.25, -0.2) is 0 Å². The van der Waals surface area contributed by atoms with E-state index in [4.69, 9.17) is 11.6 Å². The van der Waals surface area contributed by atoms with Crippen molar-refractivity contribution in [2.75, 3.05) is 0 Å². The molecule has 0 heterocycles. The van der Waals surface area contributed by atoms with Gasteiger partial charge < -0.3 is 5.11 Å². The molecule has 0 unspecified atom stereocenters. The molecule has 1 N–H and O–H groups in total. The molecule has 0 aliphatic carbocycles. The first-order chi connectivity index (χ1) is 8.93. The first-order valence-corrected chi connectivity index (χ1v) is 6.65. The van der Waals surface area contributed by atoms with Crippen LogP contribution in [0.15, 0.2) is 23.9 Å². The van der Waals surface area contributed by atoms with E-state index in [1.54, 1.807) is 6.07 Å². The number of halogens is 1. The van der Waals surface area contributed by atoms with Gasteiger partial charge in [-0.15, -0.1) is 0 Å². The maximum Gasteiger partial charge on any atom is 0.247 e. The number of phenolic OH excluding ortho intramolecular Hbond substituents is 1. The Hall–Kier alpha value is -1.55. The van der Waals surface area contributed by atoms with Crippen molar-refractivity contribution in [2.24, 2.45) is 5.92 Å². The second-order valence-electron chi connectivity index (χ2n) is 4.70. The van der Waals surface area contributed by atoms with Crippen LogP contribution in [-0.4, -0.2) is 10.0 Å². The molecule has 0 saturated heterocycles. The standard InChI is InChI=1S/C14H18ClNO3/c1-3-4-10(2)7-12(16(18)19)8-11-5-6-14(17)13(15)9-11/h5-6,8-10,17H,3-4,7H2,1-2H3/b12-8+/t10-/m0/s1. The molecule has 0 aliphatic heterocycles. The van der Waals surface area contributed by atoms with E-state index >= 15 is 0 Å². The lowest BCUT2D eigenvalue weighted by atomic mass is 9.99. The van der Waals surface area contributed by atoms with Crippen LogP contribution in [0, 0.1) is 16.0 Å². The molecule has 0 fully saturated rings. The zero-order valence-electron chi connectivity index (χ0n) is 11.1. The molecule has 104 valence electrons. The summed E-state index contributed by atoms with van der Waals surface area (Å²) >= 11 is 5.78. The lowest BCUT2D eigenvalue weighted by Gasteiger charge is -2.07. The van der Waals surface area contributed by atoms with E-state index in [0.717, 1.165) is 12.8 Å². The molecule has 0 saturated carbocycles. The Kier molecular flexibility index (Phi) is 5.83. The van der Waals surface area contributed by atoms with Crippen LogP contribution in [0.1, 0.15) is 38.7 Å². The van der Waals surface area contributed by atoms with Crippen LogP contribution in [0.2, 0.25) is 5.02 Å². The number of hydrogen-bond donors (Lipinski definition) is 1. The summed E-state index contributed by atoms with van der Waals surface area (Å²) in [5.41, 5.74) is 0.793. The highest BCUT2D eigenvalue weighted by atomic mass is 35.5. The molecular formula is C14H18ClNO3. The predicted molar refractivity (Wildman–Crippen MR) is 76.8 cm³/mol. The molecule has 0 radical (unpaired) electrons. The van der Waals surface area contributed by atoms with Crippen molar-refractivity contribution in [1.29, 1.82) is 0 Å². The number of rotatable bonds is 6. The fraction of sp³-hybridized carbons (Fsp3) is 0.429. The Morgan fingerprint density at radius 3 is 2.79 bits per heavy atom. The van der Waals surface area contributed by atoms with Gasteiger partial charge in [0.25, 0.3) is 0 Å². The third-order valence-corrected chi connectivity index (χ3v) is 3.18. The third kappa shape index (κ3) is 4.91. The Balaban J connectivity index is 2.94. The van der Waals surface area contributed by atoms with Crippen LogP contribution in [0.25, 0.3) is 6.08 Å². The number of hydrogen-bond acceptors (Lipinski definition) is 3. The summed E-state index contributed by atoms with van der Waals surface area (Å²) in [7, 11) is 0. The average Bonchev–Trinajstić information content (AvgIpc) is 2.33. The van der Waals surface area contributed by atoms with Crippen molar-refractivity contribution in [3.63, 3.8) is 0 Å². The van der Waals surface area contributed by atoms with Crippen molar-refractivity contribution in [3.05, 3.63) is 44.6 Å². The van der Waals surface area contributed by atoms with Gasteiger partial charge in [-0.05, 0) is 23.6 Å². The maximum atomic E-state index is 11.1. The normalized spacial score (nSPS) is 13.3. The highest BCUT2D eigenvalue weighted by Gasteiger charge is 2.15. The molecule has 0 spiro atoms. The van der Waals surface area contributed by atoms with Gasteiger partial charge in [0, 0.05) is 12.5 Å². The minimum Gasteiger partial charge on any atom is -0.506 e. The second-order valence-corrected chi connectivity index (χ2v) is 5.11. The summed E-state index contributed by atoms with van der Waals surface area (Å²) in [6.45, 7) is 4.07. The monoisotopic (exact) mass is 283 g/mol. The number of benzene rings is 1. The van der Waals surface area contributed by atoms with Crippen molar-refractivity contribution >= 4 is 17.7 Å². The first kappa shape index (κ1) is 15.5. The third-order valence-electron chi connectivity index (χ3n) is 2.88. The Labute approximate surface area is 117 Å². The van der Waals surface area contributed by atoms with Crippen molar-refractivity contribution < 1.29 is 10.0 Å². The van der Waals surface area contributed by atoms with E-state index < -0.39 is 0 Å². The molecule has 0 aliphatic rings.